The van der Waals surface area contributed by atoms with Gasteiger partial charge in [0.05, 0.1) is 26.0 Å². The number of hydrogen-bond acceptors (Lipinski definition) is 6. The van der Waals surface area contributed by atoms with E-state index < -0.39 is 0 Å². The van der Waals surface area contributed by atoms with Crippen molar-refractivity contribution in [3.8, 4) is 5.75 Å². The van der Waals surface area contributed by atoms with Crippen molar-refractivity contribution < 1.29 is 9.47 Å². The van der Waals surface area contributed by atoms with Crippen LogP contribution in [0, 0.1) is 5.92 Å². The molecule has 1 aromatic heterocycles. The largest absolute Gasteiger partial charge is 0.497 e. The summed E-state index contributed by atoms with van der Waals surface area (Å²) in [6.45, 7) is 3.68. The molecule has 1 saturated heterocycles. The number of nitrogens with zero attached hydrogens (tertiary/aromatic N) is 2. The third-order valence-electron chi connectivity index (χ3n) is 4.72. The summed E-state index contributed by atoms with van der Waals surface area (Å²) >= 11 is 1.55. The summed E-state index contributed by atoms with van der Waals surface area (Å²) in [6.07, 6.45) is 3.23. The number of piperidine rings is 1. The van der Waals surface area contributed by atoms with E-state index in [2.05, 4.69) is 29.1 Å². The highest BCUT2D eigenvalue weighted by Gasteiger charge is 2.17. The highest BCUT2D eigenvalue weighted by Crippen LogP contribution is 2.26. The number of anilines is 1. The molecule has 1 fully saturated rings. The van der Waals surface area contributed by atoms with Crippen LogP contribution < -0.4 is 10.5 Å². The number of nitrogens with two attached hydrogens (primary N) is 1. The Hall–Kier alpha value is -1.63. The predicted octanol–water partition coefficient (Wildman–Crippen LogP) is 3.18. The summed E-state index contributed by atoms with van der Waals surface area (Å²) in [4.78, 5) is 8.03. The van der Waals surface area contributed by atoms with Gasteiger partial charge in [0.1, 0.15) is 5.75 Å². The van der Waals surface area contributed by atoms with E-state index in [0.717, 1.165) is 24.5 Å². The van der Waals surface area contributed by atoms with Crippen molar-refractivity contribution in [2.24, 2.45) is 5.92 Å². The maximum absolute atomic E-state index is 5.98. The van der Waals surface area contributed by atoms with Gasteiger partial charge in [-0.05, 0) is 56.6 Å². The van der Waals surface area contributed by atoms with Crippen LogP contribution in [0.15, 0.2) is 24.3 Å². The number of aromatic nitrogens is 1. The topological polar surface area (TPSA) is 60.6 Å². The molecule has 0 amide bonds. The summed E-state index contributed by atoms with van der Waals surface area (Å²) < 4.78 is 11.3. The third-order valence-corrected chi connectivity index (χ3v) is 5.65. The van der Waals surface area contributed by atoms with Crippen LogP contribution in [0.4, 0.5) is 5.13 Å². The van der Waals surface area contributed by atoms with Crippen molar-refractivity contribution in [3.05, 3.63) is 40.4 Å². The van der Waals surface area contributed by atoms with Crippen molar-refractivity contribution in [3.63, 3.8) is 0 Å². The van der Waals surface area contributed by atoms with Gasteiger partial charge in [-0.25, -0.2) is 4.98 Å². The summed E-state index contributed by atoms with van der Waals surface area (Å²) in [7, 11) is 3.87. The Morgan fingerprint density at radius 2 is 2.12 bits per heavy atom. The van der Waals surface area contributed by atoms with Crippen molar-refractivity contribution >= 4 is 16.5 Å². The van der Waals surface area contributed by atoms with Crippen molar-refractivity contribution in [2.75, 3.05) is 39.6 Å². The number of nitrogen functional groups attached to an aromatic ring is 1. The predicted molar refractivity (Wildman–Crippen MR) is 102 cm³/mol. The minimum atomic E-state index is 0.541. The van der Waals surface area contributed by atoms with Crippen LogP contribution in [-0.4, -0.2) is 43.7 Å². The zero-order valence-corrected chi connectivity index (χ0v) is 15.8. The van der Waals surface area contributed by atoms with Crippen LogP contribution in [-0.2, 0) is 17.8 Å². The smallest absolute Gasteiger partial charge is 0.180 e. The molecule has 0 bridgehead atoms. The third kappa shape index (κ3) is 5.17. The van der Waals surface area contributed by atoms with Crippen LogP contribution in [0.25, 0.3) is 0 Å². The second-order valence-electron chi connectivity index (χ2n) is 6.71. The van der Waals surface area contributed by atoms with Crippen LogP contribution in [0.5, 0.6) is 5.75 Å². The summed E-state index contributed by atoms with van der Waals surface area (Å²) in [6, 6.07) is 8.12. The molecular weight excluding hydrogens is 334 g/mol. The number of likely N-dealkylation sites (tertiary alicyclic amines) is 1. The van der Waals surface area contributed by atoms with Crippen molar-refractivity contribution in [1.29, 1.82) is 0 Å². The first-order valence-corrected chi connectivity index (χ1v) is 9.59. The molecule has 2 N–H and O–H groups in total. The second-order valence-corrected chi connectivity index (χ2v) is 7.83. The number of ether oxygens (including phenoxy) is 2. The quantitative estimate of drug-likeness (QED) is 0.821. The minimum Gasteiger partial charge on any atom is -0.497 e. The lowest BCUT2D eigenvalue weighted by molar-refractivity contribution is 0.0606. The maximum Gasteiger partial charge on any atom is 0.180 e. The Kier molecular flexibility index (Phi) is 6.29. The zero-order valence-electron chi connectivity index (χ0n) is 15.0. The average molecular weight is 362 g/mol. The molecule has 3 rings (SSSR count). The normalized spacial score (nSPS) is 16.2. The molecule has 5 nitrogen and oxygen atoms in total. The fraction of sp³-hybridized carbons (Fsp3) is 0.526. The molecule has 0 unspecified atom stereocenters. The molecule has 1 aromatic carbocycles. The van der Waals surface area contributed by atoms with E-state index in [1.165, 1.54) is 36.4 Å². The Balaban J connectivity index is 1.57. The van der Waals surface area contributed by atoms with Gasteiger partial charge in [0.2, 0.25) is 0 Å². The fourth-order valence-electron chi connectivity index (χ4n) is 3.17. The lowest BCUT2D eigenvalue weighted by Crippen LogP contribution is -2.31. The van der Waals surface area contributed by atoms with E-state index in [1.54, 1.807) is 18.4 Å². The van der Waals surface area contributed by atoms with E-state index >= 15 is 0 Å². The van der Waals surface area contributed by atoms with E-state index in [0.29, 0.717) is 17.7 Å². The minimum absolute atomic E-state index is 0.541. The zero-order chi connectivity index (χ0) is 17.6. The number of thiazole rings is 1. The average Bonchev–Trinajstić information content (AvgIpc) is 2.96. The molecular formula is C19H27N3O2S. The molecule has 2 aromatic rings. The highest BCUT2D eigenvalue weighted by atomic mass is 32.1. The highest BCUT2D eigenvalue weighted by molar-refractivity contribution is 7.15. The first kappa shape index (κ1) is 18.2. The van der Waals surface area contributed by atoms with Gasteiger partial charge in [-0.3, -0.25) is 0 Å². The fourth-order valence-corrected chi connectivity index (χ4v) is 4.04. The Morgan fingerprint density at radius 3 is 2.88 bits per heavy atom. The van der Waals surface area contributed by atoms with Gasteiger partial charge >= 0.3 is 0 Å². The monoisotopic (exact) mass is 361 g/mol. The van der Waals surface area contributed by atoms with Gasteiger partial charge in [0.25, 0.3) is 0 Å². The van der Waals surface area contributed by atoms with E-state index in [9.17, 15) is 0 Å². The number of methoxy groups -OCH3 is 1. The summed E-state index contributed by atoms with van der Waals surface area (Å²) in [5.41, 5.74) is 8.11. The standard InChI is InChI=1S/C19H27N3O2S/c1-22-8-6-14(7-9-22)12-24-13-17-18(25-19(20)21-17)11-15-4-3-5-16(10-15)23-2/h3-5,10,14H,6-9,11-13H2,1-2H3,(H2,20,21). The molecule has 2 heterocycles. The van der Waals surface area contributed by atoms with Gasteiger partial charge in [0.15, 0.2) is 5.13 Å². The van der Waals surface area contributed by atoms with Gasteiger partial charge in [-0.2, -0.15) is 0 Å². The second kappa shape index (κ2) is 8.65. The first-order chi connectivity index (χ1) is 12.1. The molecule has 0 atom stereocenters. The lowest BCUT2D eigenvalue weighted by Gasteiger charge is -2.28. The Bertz CT molecular complexity index is 681. The molecule has 0 spiro atoms. The summed E-state index contributed by atoms with van der Waals surface area (Å²) in [5, 5.41) is 0.607. The lowest BCUT2D eigenvalue weighted by atomic mass is 9.98. The molecule has 0 saturated carbocycles. The molecule has 6 heteroatoms. The van der Waals surface area contributed by atoms with Gasteiger partial charge < -0.3 is 20.1 Å². The molecule has 0 radical (unpaired) electrons. The molecule has 1 aliphatic rings. The first-order valence-electron chi connectivity index (χ1n) is 8.77. The molecule has 25 heavy (non-hydrogen) atoms. The van der Waals surface area contributed by atoms with E-state index in [1.807, 2.05) is 12.1 Å². The molecule has 136 valence electrons. The van der Waals surface area contributed by atoms with Gasteiger partial charge in [-0.15, -0.1) is 11.3 Å². The maximum atomic E-state index is 5.98. The van der Waals surface area contributed by atoms with Crippen LogP contribution in [0.2, 0.25) is 0 Å². The van der Waals surface area contributed by atoms with Crippen LogP contribution >= 0.6 is 11.3 Å². The van der Waals surface area contributed by atoms with Crippen LogP contribution in [0.1, 0.15) is 29.0 Å². The van der Waals surface area contributed by atoms with Crippen molar-refractivity contribution in [1.82, 2.24) is 9.88 Å². The number of benzene rings is 1. The molecule has 0 aliphatic carbocycles. The molecule has 1 aliphatic heterocycles. The van der Waals surface area contributed by atoms with Crippen molar-refractivity contribution in [2.45, 2.75) is 25.9 Å². The summed E-state index contributed by atoms with van der Waals surface area (Å²) in [5.74, 6) is 1.53. The van der Waals surface area contributed by atoms with Gasteiger partial charge in [0, 0.05) is 11.3 Å². The SMILES string of the molecule is COc1cccc(Cc2sc(N)nc2COCC2CCN(C)CC2)c1. The Morgan fingerprint density at radius 1 is 1.32 bits per heavy atom. The number of rotatable bonds is 7. The van der Waals surface area contributed by atoms with E-state index in [-0.39, 0.29) is 0 Å². The van der Waals surface area contributed by atoms with Gasteiger partial charge in [-0.1, -0.05) is 12.1 Å². The van der Waals surface area contributed by atoms with Crippen LogP contribution in [0.3, 0.4) is 0 Å². The Labute approximate surface area is 153 Å². The number of hydrogen-bond donors (Lipinski definition) is 1. The van der Waals surface area contributed by atoms with E-state index in [4.69, 9.17) is 15.2 Å².